The van der Waals surface area contributed by atoms with E-state index in [-0.39, 0.29) is 5.56 Å². The SMILES string of the molecule is C1CN2CCN1CC2.Cc1cc([C@@H](C)O)cc(C(F)(F)F)c1. The minimum absolute atomic E-state index is 0.289. The van der Waals surface area contributed by atoms with E-state index in [1.807, 2.05) is 0 Å². The lowest BCUT2D eigenvalue weighted by molar-refractivity contribution is -0.137. The maximum Gasteiger partial charge on any atom is 0.416 e. The second kappa shape index (κ2) is 6.98. The van der Waals surface area contributed by atoms with E-state index in [1.54, 1.807) is 13.0 Å². The van der Waals surface area contributed by atoms with Gasteiger partial charge in [-0.1, -0.05) is 11.6 Å². The van der Waals surface area contributed by atoms with Crippen LogP contribution < -0.4 is 0 Å². The number of aliphatic hydroxyl groups excluding tert-OH is 1. The summed E-state index contributed by atoms with van der Waals surface area (Å²) in [5.41, 5.74) is 0.0708. The predicted molar refractivity (Wildman–Crippen MR) is 79.7 cm³/mol. The molecule has 0 spiro atoms. The van der Waals surface area contributed by atoms with Crippen molar-refractivity contribution in [1.82, 2.24) is 9.80 Å². The molecule has 3 saturated heterocycles. The van der Waals surface area contributed by atoms with E-state index in [9.17, 15) is 18.3 Å². The molecule has 3 nitrogen and oxygen atoms in total. The molecule has 3 aliphatic heterocycles. The highest BCUT2D eigenvalue weighted by molar-refractivity contribution is 5.32. The van der Waals surface area contributed by atoms with E-state index in [0.717, 1.165) is 12.1 Å². The molecule has 3 fully saturated rings. The number of fused-ring (bicyclic) bond motifs is 3. The number of benzene rings is 1. The van der Waals surface area contributed by atoms with Crippen LogP contribution in [-0.2, 0) is 6.18 Å². The smallest absolute Gasteiger partial charge is 0.389 e. The molecular formula is C16H23F3N2O. The van der Waals surface area contributed by atoms with Gasteiger partial charge in [-0.2, -0.15) is 13.2 Å². The molecule has 1 N–H and O–H groups in total. The van der Waals surface area contributed by atoms with E-state index in [4.69, 9.17) is 0 Å². The summed E-state index contributed by atoms with van der Waals surface area (Å²) in [6.45, 7) is 10.9. The van der Waals surface area contributed by atoms with Crippen molar-refractivity contribution in [3.8, 4) is 0 Å². The average molecular weight is 316 g/mol. The van der Waals surface area contributed by atoms with Gasteiger partial charge in [-0.3, -0.25) is 9.80 Å². The van der Waals surface area contributed by atoms with Crippen LogP contribution in [0.5, 0.6) is 0 Å². The van der Waals surface area contributed by atoms with Gasteiger partial charge in [-0.05, 0) is 31.5 Å². The quantitative estimate of drug-likeness (QED) is 0.863. The maximum absolute atomic E-state index is 12.3. The number of rotatable bonds is 1. The van der Waals surface area contributed by atoms with Crippen molar-refractivity contribution >= 4 is 0 Å². The number of piperazine rings is 3. The van der Waals surface area contributed by atoms with Gasteiger partial charge < -0.3 is 5.11 Å². The van der Waals surface area contributed by atoms with Crippen LogP contribution >= 0.6 is 0 Å². The zero-order chi connectivity index (χ0) is 16.3. The number of nitrogens with zero attached hydrogens (tertiary/aromatic N) is 2. The highest BCUT2D eigenvalue weighted by atomic mass is 19.4. The van der Waals surface area contributed by atoms with Crippen LogP contribution in [0.1, 0.15) is 29.7 Å². The molecule has 1 aromatic rings. The molecule has 0 amide bonds. The topological polar surface area (TPSA) is 26.7 Å². The van der Waals surface area contributed by atoms with Gasteiger partial charge in [0.2, 0.25) is 0 Å². The Bertz CT molecular complexity index is 472. The fourth-order valence-electron chi connectivity index (χ4n) is 2.74. The van der Waals surface area contributed by atoms with Gasteiger partial charge in [-0.25, -0.2) is 0 Å². The van der Waals surface area contributed by atoms with E-state index in [1.165, 1.54) is 46.2 Å². The van der Waals surface area contributed by atoms with E-state index < -0.39 is 17.8 Å². The maximum atomic E-state index is 12.3. The fraction of sp³-hybridized carbons (Fsp3) is 0.625. The lowest BCUT2D eigenvalue weighted by Crippen LogP contribution is -2.55. The Morgan fingerprint density at radius 3 is 1.73 bits per heavy atom. The highest BCUT2D eigenvalue weighted by Gasteiger charge is 2.31. The molecule has 3 aliphatic rings. The normalized spacial score (nSPS) is 25.4. The molecule has 0 aliphatic carbocycles. The molecule has 0 aromatic heterocycles. The van der Waals surface area contributed by atoms with E-state index in [2.05, 4.69) is 9.80 Å². The van der Waals surface area contributed by atoms with Crippen LogP contribution in [0.4, 0.5) is 13.2 Å². The lowest BCUT2D eigenvalue weighted by atomic mass is 10.0. The van der Waals surface area contributed by atoms with Crippen LogP contribution in [0.3, 0.4) is 0 Å². The van der Waals surface area contributed by atoms with Crippen LogP contribution in [0, 0.1) is 6.92 Å². The average Bonchev–Trinajstić information content (AvgIpc) is 2.48. The molecule has 2 bridgehead atoms. The number of halogens is 3. The number of hydrogen-bond acceptors (Lipinski definition) is 3. The Hall–Kier alpha value is -1.11. The first kappa shape index (κ1) is 17.2. The Kier molecular flexibility index (Phi) is 5.47. The minimum atomic E-state index is -4.35. The molecule has 3 heterocycles. The highest BCUT2D eigenvalue weighted by Crippen LogP contribution is 2.31. The summed E-state index contributed by atoms with van der Waals surface area (Å²) in [5.74, 6) is 0. The number of aryl methyl sites for hydroxylation is 1. The monoisotopic (exact) mass is 316 g/mol. The van der Waals surface area contributed by atoms with Crippen molar-refractivity contribution in [3.63, 3.8) is 0 Å². The van der Waals surface area contributed by atoms with Gasteiger partial charge in [0.25, 0.3) is 0 Å². The standard InChI is InChI=1S/C10H11F3O.C6H12N2/c1-6-3-8(7(2)14)5-9(4-6)10(11,12)13;1-2-8-5-3-7(1)4-6-8/h3-5,7,14H,1-2H3;1-6H2/t7-;/m1./s1. The third kappa shape index (κ3) is 4.69. The Morgan fingerprint density at radius 1 is 0.955 bits per heavy atom. The third-order valence-electron chi connectivity index (χ3n) is 4.11. The largest absolute Gasteiger partial charge is 0.416 e. The predicted octanol–water partition coefficient (Wildman–Crippen LogP) is 2.68. The molecule has 0 saturated carbocycles. The summed E-state index contributed by atoms with van der Waals surface area (Å²) >= 11 is 0. The Morgan fingerprint density at radius 2 is 1.41 bits per heavy atom. The Labute approximate surface area is 129 Å². The van der Waals surface area contributed by atoms with Gasteiger partial charge in [0, 0.05) is 39.3 Å². The molecule has 1 atom stereocenters. The summed E-state index contributed by atoms with van der Waals surface area (Å²) in [6, 6.07) is 3.57. The van der Waals surface area contributed by atoms with E-state index >= 15 is 0 Å². The number of alkyl halides is 3. The Balaban J connectivity index is 0.000000183. The first-order chi connectivity index (χ1) is 10.3. The van der Waals surface area contributed by atoms with Crippen LogP contribution in [0.25, 0.3) is 0 Å². The molecule has 6 heteroatoms. The summed E-state index contributed by atoms with van der Waals surface area (Å²) in [7, 11) is 0. The molecular weight excluding hydrogens is 293 g/mol. The molecule has 1 aromatic carbocycles. The van der Waals surface area contributed by atoms with Crippen molar-refractivity contribution in [3.05, 3.63) is 34.9 Å². The van der Waals surface area contributed by atoms with Gasteiger partial charge >= 0.3 is 6.18 Å². The third-order valence-corrected chi connectivity index (χ3v) is 4.11. The van der Waals surface area contributed by atoms with Crippen LogP contribution in [0.15, 0.2) is 18.2 Å². The van der Waals surface area contributed by atoms with Gasteiger partial charge in [0.15, 0.2) is 0 Å². The fourth-order valence-corrected chi connectivity index (χ4v) is 2.74. The summed E-state index contributed by atoms with van der Waals surface area (Å²) in [6.07, 6.45) is -5.23. The molecule has 22 heavy (non-hydrogen) atoms. The molecule has 0 unspecified atom stereocenters. The molecule has 124 valence electrons. The van der Waals surface area contributed by atoms with E-state index in [0.29, 0.717) is 5.56 Å². The van der Waals surface area contributed by atoms with Gasteiger partial charge in [0.1, 0.15) is 0 Å². The second-order valence-corrected chi connectivity index (χ2v) is 5.99. The van der Waals surface area contributed by atoms with Gasteiger partial charge in [-0.15, -0.1) is 0 Å². The van der Waals surface area contributed by atoms with Crippen molar-refractivity contribution in [2.24, 2.45) is 0 Å². The number of aliphatic hydroxyl groups is 1. The van der Waals surface area contributed by atoms with Crippen molar-refractivity contribution in [2.45, 2.75) is 26.1 Å². The van der Waals surface area contributed by atoms with Crippen molar-refractivity contribution in [1.29, 1.82) is 0 Å². The summed E-state index contributed by atoms with van der Waals surface area (Å²) in [4.78, 5) is 5.08. The summed E-state index contributed by atoms with van der Waals surface area (Å²) < 4.78 is 37.0. The van der Waals surface area contributed by atoms with Crippen LogP contribution in [0.2, 0.25) is 0 Å². The lowest BCUT2D eigenvalue weighted by Gasteiger charge is -2.41. The molecule has 4 rings (SSSR count). The first-order valence-electron chi connectivity index (χ1n) is 7.57. The van der Waals surface area contributed by atoms with Crippen molar-refractivity contribution in [2.75, 3.05) is 39.3 Å². The minimum Gasteiger partial charge on any atom is -0.389 e. The zero-order valence-electron chi connectivity index (χ0n) is 13.0. The second-order valence-electron chi connectivity index (χ2n) is 5.99. The zero-order valence-corrected chi connectivity index (χ0v) is 13.0. The molecule has 0 radical (unpaired) electrons. The van der Waals surface area contributed by atoms with Crippen LogP contribution in [-0.4, -0.2) is 54.2 Å². The number of hydrogen-bond donors (Lipinski definition) is 1. The first-order valence-corrected chi connectivity index (χ1v) is 7.57. The van der Waals surface area contributed by atoms with Crippen molar-refractivity contribution < 1.29 is 18.3 Å². The van der Waals surface area contributed by atoms with Gasteiger partial charge in [0.05, 0.1) is 11.7 Å². The summed E-state index contributed by atoms with van der Waals surface area (Å²) in [5, 5.41) is 9.17.